The number of rotatable bonds is 9. The van der Waals surface area contributed by atoms with Crippen molar-refractivity contribution in [1.29, 1.82) is 5.26 Å². The maximum absolute atomic E-state index is 12.6. The summed E-state index contributed by atoms with van der Waals surface area (Å²) < 4.78 is 5.42. The zero-order valence-electron chi connectivity index (χ0n) is 15.0. The van der Waals surface area contributed by atoms with E-state index in [1.165, 1.54) is 0 Å². The van der Waals surface area contributed by atoms with Crippen LogP contribution in [0.5, 0.6) is 5.75 Å². The SMILES string of the molecule is CSCCC(NC(=O)COc1ccccc1)C(=O)Nc1cccc(C#N)c1. The minimum atomic E-state index is -0.685. The van der Waals surface area contributed by atoms with Crippen LogP contribution in [-0.4, -0.2) is 36.5 Å². The third kappa shape index (κ3) is 7.04. The molecule has 2 N–H and O–H groups in total. The lowest BCUT2D eigenvalue weighted by Crippen LogP contribution is -2.45. The lowest BCUT2D eigenvalue weighted by atomic mass is 10.1. The Morgan fingerprint density at radius 2 is 1.96 bits per heavy atom. The fourth-order valence-corrected chi connectivity index (χ4v) is 2.77. The van der Waals surface area contributed by atoms with Gasteiger partial charge in [-0.3, -0.25) is 9.59 Å². The van der Waals surface area contributed by atoms with Crippen LogP contribution in [0.3, 0.4) is 0 Å². The van der Waals surface area contributed by atoms with E-state index >= 15 is 0 Å². The van der Waals surface area contributed by atoms with Crippen LogP contribution >= 0.6 is 11.8 Å². The molecule has 0 saturated heterocycles. The van der Waals surface area contributed by atoms with Gasteiger partial charge in [0.1, 0.15) is 11.8 Å². The molecule has 2 aromatic rings. The number of amides is 2. The summed E-state index contributed by atoms with van der Waals surface area (Å²) in [4.78, 5) is 24.8. The minimum Gasteiger partial charge on any atom is -0.484 e. The van der Waals surface area contributed by atoms with Gasteiger partial charge in [0.05, 0.1) is 11.6 Å². The molecule has 1 unspecified atom stereocenters. The highest BCUT2D eigenvalue weighted by Crippen LogP contribution is 2.12. The average Bonchev–Trinajstić information content (AvgIpc) is 2.70. The van der Waals surface area contributed by atoms with Gasteiger partial charge in [0.25, 0.3) is 5.91 Å². The van der Waals surface area contributed by atoms with Gasteiger partial charge in [0.15, 0.2) is 6.61 Å². The summed E-state index contributed by atoms with van der Waals surface area (Å²) in [5, 5.41) is 14.4. The number of benzene rings is 2. The van der Waals surface area contributed by atoms with E-state index in [4.69, 9.17) is 10.00 Å². The number of ether oxygens (including phenoxy) is 1. The van der Waals surface area contributed by atoms with E-state index in [9.17, 15) is 9.59 Å². The molecular formula is C20H21N3O3S. The number of carbonyl (C=O) groups excluding carboxylic acids is 2. The van der Waals surface area contributed by atoms with Gasteiger partial charge >= 0.3 is 0 Å². The lowest BCUT2D eigenvalue weighted by molar-refractivity contribution is -0.127. The highest BCUT2D eigenvalue weighted by atomic mass is 32.2. The van der Waals surface area contributed by atoms with E-state index in [1.54, 1.807) is 48.2 Å². The fourth-order valence-electron chi connectivity index (χ4n) is 2.30. The zero-order chi connectivity index (χ0) is 19.5. The first kappa shape index (κ1) is 20.3. The molecule has 6 nitrogen and oxygen atoms in total. The number of anilines is 1. The van der Waals surface area contributed by atoms with Crippen LogP contribution in [0.4, 0.5) is 5.69 Å². The van der Waals surface area contributed by atoms with Gasteiger partial charge in [-0.2, -0.15) is 17.0 Å². The summed E-state index contributed by atoms with van der Waals surface area (Å²) >= 11 is 1.59. The molecule has 0 aliphatic rings. The molecule has 2 aromatic carbocycles. The van der Waals surface area contributed by atoms with Gasteiger partial charge in [0.2, 0.25) is 5.91 Å². The Labute approximate surface area is 162 Å². The summed E-state index contributed by atoms with van der Waals surface area (Å²) in [6, 6.07) is 17.0. The molecule has 2 amide bonds. The van der Waals surface area contributed by atoms with Gasteiger partial charge in [-0.05, 0) is 48.8 Å². The Hall–Kier alpha value is -2.98. The van der Waals surface area contributed by atoms with Gasteiger partial charge in [-0.25, -0.2) is 0 Å². The monoisotopic (exact) mass is 383 g/mol. The number of nitriles is 1. The van der Waals surface area contributed by atoms with Gasteiger partial charge in [-0.15, -0.1) is 0 Å². The van der Waals surface area contributed by atoms with E-state index < -0.39 is 6.04 Å². The Bertz CT molecular complexity index is 806. The normalized spacial score (nSPS) is 11.1. The second-order valence-corrected chi connectivity index (χ2v) is 6.67. The van der Waals surface area contributed by atoms with Gasteiger partial charge in [0, 0.05) is 5.69 Å². The van der Waals surface area contributed by atoms with E-state index in [1.807, 2.05) is 30.5 Å². The van der Waals surface area contributed by atoms with Crippen molar-refractivity contribution in [3.8, 4) is 11.8 Å². The van der Waals surface area contributed by atoms with E-state index in [0.717, 1.165) is 5.75 Å². The first-order chi connectivity index (χ1) is 13.1. The topological polar surface area (TPSA) is 91.2 Å². The molecule has 0 heterocycles. The zero-order valence-corrected chi connectivity index (χ0v) is 15.8. The van der Waals surface area contributed by atoms with Crippen LogP contribution in [0.15, 0.2) is 54.6 Å². The summed E-state index contributed by atoms with van der Waals surface area (Å²) in [5.41, 5.74) is 0.969. The predicted molar refractivity (Wildman–Crippen MR) is 107 cm³/mol. The summed E-state index contributed by atoms with van der Waals surface area (Å²) in [5.74, 6) is 0.611. The van der Waals surface area contributed by atoms with Crippen molar-refractivity contribution < 1.29 is 14.3 Å². The molecule has 0 aliphatic heterocycles. The van der Waals surface area contributed by atoms with Crippen molar-refractivity contribution in [3.63, 3.8) is 0 Å². The second-order valence-electron chi connectivity index (χ2n) is 5.69. The largest absolute Gasteiger partial charge is 0.484 e. The molecule has 0 fully saturated rings. The maximum atomic E-state index is 12.6. The molecule has 2 rings (SSSR count). The Balaban J connectivity index is 1.95. The van der Waals surface area contributed by atoms with Crippen LogP contribution in [-0.2, 0) is 9.59 Å². The summed E-state index contributed by atoms with van der Waals surface area (Å²) in [6.45, 7) is -0.170. The first-order valence-corrected chi connectivity index (χ1v) is 9.79. The van der Waals surface area contributed by atoms with Crippen molar-refractivity contribution in [2.24, 2.45) is 0 Å². The number of thioether (sulfide) groups is 1. The number of carbonyl (C=O) groups is 2. The molecule has 0 aromatic heterocycles. The number of hydrogen-bond acceptors (Lipinski definition) is 5. The molecule has 140 valence electrons. The molecule has 0 aliphatic carbocycles. The Morgan fingerprint density at radius 3 is 2.67 bits per heavy atom. The highest BCUT2D eigenvalue weighted by Gasteiger charge is 2.21. The van der Waals surface area contributed by atoms with Crippen molar-refractivity contribution in [2.45, 2.75) is 12.5 Å². The maximum Gasteiger partial charge on any atom is 0.258 e. The molecule has 0 saturated carbocycles. The van der Waals surface area contributed by atoms with E-state index in [-0.39, 0.29) is 18.4 Å². The molecule has 1 atom stereocenters. The van der Waals surface area contributed by atoms with Crippen LogP contribution in [0, 0.1) is 11.3 Å². The number of hydrogen-bond donors (Lipinski definition) is 2. The number of nitrogens with zero attached hydrogens (tertiary/aromatic N) is 1. The highest BCUT2D eigenvalue weighted by molar-refractivity contribution is 7.98. The molecule has 0 radical (unpaired) electrons. The van der Waals surface area contributed by atoms with Crippen LogP contribution in [0.1, 0.15) is 12.0 Å². The second kappa shape index (κ2) is 10.9. The Morgan fingerprint density at radius 1 is 1.19 bits per heavy atom. The molecule has 7 heteroatoms. The lowest BCUT2D eigenvalue weighted by Gasteiger charge is -2.18. The number of nitrogens with one attached hydrogen (secondary N) is 2. The van der Waals surface area contributed by atoms with Crippen LogP contribution < -0.4 is 15.4 Å². The van der Waals surface area contributed by atoms with Crippen LogP contribution in [0.2, 0.25) is 0 Å². The molecular weight excluding hydrogens is 362 g/mol. The first-order valence-electron chi connectivity index (χ1n) is 8.39. The average molecular weight is 383 g/mol. The Kier molecular flexibility index (Phi) is 8.20. The van der Waals surface area contributed by atoms with Crippen molar-refractivity contribution in [3.05, 3.63) is 60.2 Å². The third-order valence-electron chi connectivity index (χ3n) is 3.63. The molecule has 0 spiro atoms. The summed E-state index contributed by atoms with van der Waals surface area (Å²) in [7, 11) is 0. The van der Waals surface area contributed by atoms with E-state index in [2.05, 4.69) is 10.6 Å². The number of para-hydroxylation sites is 1. The minimum absolute atomic E-state index is 0.170. The van der Waals surface area contributed by atoms with Gasteiger partial charge < -0.3 is 15.4 Å². The van der Waals surface area contributed by atoms with E-state index in [0.29, 0.717) is 23.4 Å². The van der Waals surface area contributed by atoms with Crippen molar-refractivity contribution >= 4 is 29.3 Å². The standard InChI is InChI=1S/C20H21N3O3S/c1-27-11-10-18(20(25)22-16-7-5-6-15(12-16)13-21)23-19(24)14-26-17-8-3-2-4-9-17/h2-9,12,18H,10-11,14H2,1H3,(H,22,25)(H,23,24). The van der Waals surface area contributed by atoms with Crippen molar-refractivity contribution in [1.82, 2.24) is 5.32 Å². The summed E-state index contributed by atoms with van der Waals surface area (Å²) in [6.07, 6.45) is 2.42. The van der Waals surface area contributed by atoms with Gasteiger partial charge in [-0.1, -0.05) is 24.3 Å². The van der Waals surface area contributed by atoms with Crippen molar-refractivity contribution in [2.75, 3.05) is 23.9 Å². The molecule has 27 heavy (non-hydrogen) atoms. The fraction of sp³-hybridized carbons (Fsp3) is 0.250. The smallest absolute Gasteiger partial charge is 0.258 e. The quantitative estimate of drug-likeness (QED) is 0.695. The van der Waals surface area contributed by atoms with Crippen LogP contribution in [0.25, 0.3) is 0 Å². The predicted octanol–water partition coefficient (Wildman–Crippen LogP) is 2.81. The third-order valence-corrected chi connectivity index (χ3v) is 4.28. The molecule has 0 bridgehead atoms.